The van der Waals surface area contributed by atoms with Gasteiger partial charge in [0.05, 0.1) is 5.69 Å². The van der Waals surface area contributed by atoms with Gasteiger partial charge in [0.1, 0.15) is 5.15 Å². The van der Waals surface area contributed by atoms with Crippen LogP contribution in [0.25, 0.3) is 0 Å². The fraction of sp³-hybridized carbons (Fsp3) is 0.250. The van der Waals surface area contributed by atoms with E-state index in [0.717, 1.165) is 18.8 Å². The Kier molecular flexibility index (Phi) is 3.86. The van der Waals surface area contributed by atoms with E-state index >= 15 is 0 Å². The molecule has 0 fully saturated rings. The van der Waals surface area contributed by atoms with Crippen LogP contribution >= 0.6 is 22.9 Å². The minimum absolute atomic E-state index is 0.470. The second-order valence-electron chi connectivity index (χ2n) is 3.80. The van der Waals surface area contributed by atoms with E-state index in [1.807, 2.05) is 11.9 Å². The molecule has 0 saturated carbocycles. The highest BCUT2D eigenvalue weighted by atomic mass is 35.5. The minimum atomic E-state index is 0.470. The molecule has 0 amide bonds. The maximum Gasteiger partial charge on any atom is 0.153 e. The molecule has 17 heavy (non-hydrogen) atoms. The van der Waals surface area contributed by atoms with Crippen molar-refractivity contribution in [1.29, 1.82) is 0 Å². The monoisotopic (exact) mass is 267 g/mol. The maximum absolute atomic E-state index is 5.88. The van der Waals surface area contributed by atoms with Gasteiger partial charge in [-0.2, -0.15) is 0 Å². The number of anilines is 2. The second kappa shape index (κ2) is 5.38. The number of rotatable bonds is 4. The first-order valence-electron chi connectivity index (χ1n) is 5.32. The molecule has 0 aliphatic rings. The van der Waals surface area contributed by atoms with E-state index in [1.165, 1.54) is 4.88 Å². The number of thiophene rings is 1. The molecule has 5 heteroatoms. The largest absolute Gasteiger partial charge is 0.396 e. The van der Waals surface area contributed by atoms with E-state index in [1.54, 1.807) is 23.5 Å². The van der Waals surface area contributed by atoms with Gasteiger partial charge < -0.3 is 10.6 Å². The lowest BCUT2D eigenvalue weighted by Gasteiger charge is -2.19. The van der Waals surface area contributed by atoms with Crippen LogP contribution in [-0.4, -0.2) is 18.6 Å². The highest BCUT2D eigenvalue weighted by Crippen LogP contribution is 2.22. The van der Waals surface area contributed by atoms with E-state index < -0.39 is 0 Å². The van der Waals surface area contributed by atoms with Gasteiger partial charge in [-0.3, -0.25) is 0 Å². The SMILES string of the molecule is CN(CCc1cccs1)c1nc(Cl)ccc1N. The molecule has 0 radical (unpaired) electrons. The number of likely N-dealkylation sites (N-methyl/N-ethyl adjacent to an activating group) is 1. The molecule has 0 unspecified atom stereocenters. The lowest BCUT2D eigenvalue weighted by Crippen LogP contribution is -2.22. The topological polar surface area (TPSA) is 42.2 Å². The van der Waals surface area contributed by atoms with E-state index in [0.29, 0.717) is 10.8 Å². The summed E-state index contributed by atoms with van der Waals surface area (Å²) in [6.45, 7) is 0.873. The van der Waals surface area contributed by atoms with Gasteiger partial charge in [0.15, 0.2) is 5.82 Å². The van der Waals surface area contributed by atoms with Crippen molar-refractivity contribution >= 4 is 34.4 Å². The Morgan fingerprint density at radius 2 is 2.24 bits per heavy atom. The molecule has 2 heterocycles. The standard InChI is InChI=1S/C12H14ClN3S/c1-16(7-6-9-3-2-8-17-9)12-10(14)4-5-11(13)15-12/h2-5,8H,6-7,14H2,1H3. The van der Waals surface area contributed by atoms with Crippen LogP contribution in [0, 0.1) is 0 Å². The summed E-state index contributed by atoms with van der Waals surface area (Å²) in [6, 6.07) is 7.68. The Balaban J connectivity index is 2.04. The number of halogens is 1. The molecule has 0 aliphatic carbocycles. The Morgan fingerprint density at radius 3 is 2.94 bits per heavy atom. The predicted molar refractivity (Wildman–Crippen MR) is 75.0 cm³/mol. The number of nitrogens with zero attached hydrogens (tertiary/aromatic N) is 2. The molecule has 0 aromatic carbocycles. The van der Waals surface area contributed by atoms with Crippen molar-refractivity contribution in [2.45, 2.75) is 6.42 Å². The van der Waals surface area contributed by atoms with Gasteiger partial charge in [-0.25, -0.2) is 4.98 Å². The molecular weight excluding hydrogens is 254 g/mol. The van der Waals surface area contributed by atoms with Crippen molar-refractivity contribution in [3.8, 4) is 0 Å². The number of pyridine rings is 1. The third-order valence-electron chi connectivity index (χ3n) is 2.51. The quantitative estimate of drug-likeness (QED) is 0.866. The Bertz CT molecular complexity index is 485. The normalized spacial score (nSPS) is 10.5. The van der Waals surface area contributed by atoms with E-state index in [9.17, 15) is 0 Å². The lowest BCUT2D eigenvalue weighted by molar-refractivity contribution is 0.871. The summed E-state index contributed by atoms with van der Waals surface area (Å²) in [6.07, 6.45) is 0.988. The number of nitrogens with two attached hydrogens (primary N) is 1. The highest BCUT2D eigenvalue weighted by molar-refractivity contribution is 7.09. The number of hydrogen-bond donors (Lipinski definition) is 1. The molecule has 0 spiro atoms. The molecular formula is C12H14ClN3S. The van der Waals surface area contributed by atoms with Crippen LogP contribution in [0.2, 0.25) is 5.15 Å². The smallest absolute Gasteiger partial charge is 0.153 e. The predicted octanol–water partition coefficient (Wildman–Crippen LogP) is 3.06. The highest BCUT2D eigenvalue weighted by Gasteiger charge is 2.08. The van der Waals surface area contributed by atoms with Crippen molar-refractivity contribution in [3.05, 3.63) is 39.7 Å². The third-order valence-corrected chi connectivity index (χ3v) is 3.65. The van der Waals surface area contributed by atoms with Gasteiger partial charge >= 0.3 is 0 Å². The maximum atomic E-state index is 5.88. The summed E-state index contributed by atoms with van der Waals surface area (Å²) in [5.74, 6) is 0.744. The Morgan fingerprint density at radius 1 is 1.41 bits per heavy atom. The zero-order valence-corrected chi connectivity index (χ0v) is 11.1. The molecule has 0 atom stereocenters. The van der Waals surface area contributed by atoms with Crippen molar-refractivity contribution < 1.29 is 0 Å². The van der Waals surface area contributed by atoms with Crippen LogP contribution in [0.1, 0.15) is 4.88 Å². The molecule has 2 N–H and O–H groups in total. The summed E-state index contributed by atoms with van der Waals surface area (Å²) in [4.78, 5) is 7.63. The summed E-state index contributed by atoms with van der Waals surface area (Å²) >= 11 is 7.63. The van der Waals surface area contributed by atoms with Crippen LogP contribution in [-0.2, 0) is 6.42 Å². The summed E-state index contributed by atoms with van der Waals surface area (Å²) < 4.78 is 0. The Labute approximate surface area is 110 Å². The van der Waals surface area contributed by atoms with Crippen LogP contribution in [0.15, 0.2) is 29.6 Å². The van der Waals surface area contributed by atoms with E-state index in [2.05, 4.69) is 22.5 Å². The fourth-order valence-electron chi connectivity index (χ4n) is 1.58. The van der Waals surface area contributed by atoms with Crippen molar-refractivity contribution in [1.82, 2.24) is 4.98 Å². The average molecular weight is 268 g/mol. The van der Waals surface area contributed by atoms with Crippen LogP contribution in [0.3, 0.4) is 0 Å². The molecule has 2 aromatic heterocycles. The number of aromatic nitrogens is 1. The molecule has 90 valence electrons. The number of hydrogen-bond acceptors (Lipinski definition) is 4. The van der Waals surface area contributed by atoms with Gasteiger partial charge in [-0.05, 0) is 30.0 Å². The summed E-state index contributed by atoms with van der Waals surface area (Å²) in [7, 11) is 1.97. The zero-order chi connectivity index (χ0) is 12.3. The van der Waals surface area contributed by atoms with Gasteiger partial charge in [0, 0.05) is 18.5 Å². The second-order valence-corrected chi connectivity index (χ2v) is 5.22. The zero-order valence-electron chi connectivity index (χ0n) is 9.56. The third kappa shape index (κ3) is 3.11. The average Bonchev–Trinajstić information content (AvgIpc) is 2.82. The molecule has 2 rings (SSSR count). The van der Waals surface area contributed by atoms with E-state index in [-0.39, 0.29) is 0 Å². The lowest BCUT2D eigenvalue weighted by atomic mass is 10.3. The van der Waals surface area contributed by atoms with E-state index in [4.69, 9.17) is 17.3 Å². The van der Waals surface area contributed by atoms with Gasteiger partial charge in [0.25, 0.3) is 0 Å². The van der Waals surface area contributed by atoms with Gasteiger partial charge in [-0.15, -0.1) is 11.3 Å². The van der Waals surface area contributed by atoms with Crippen LogP contribution < -0.4 is 10.6 Å². The van der Waals surface area contributed by atoms with Crippen molar-refractivity contribution in [3.63, 3.8) is 0 Å². The Hall–Kier alpha value is -1.26. The van der Waals surface area contributed by atoms with Gasteiger partial charge in [0.2, 0.25) is 0 Å². The molecule has 2 aromatic rings. The molecule has 0 saturated heterocycles. The van der Waals surface area contributed by atoms with Crippen LogP contribution in [0.5, 0.6) is 0 Å². The molecule has 0 bridgehead atoms. The van der Waals surface area contributed by atoms with Crippen molar-refractivity contribution in [2.75, 3.05) is 24.2 Å². The van der Waals surface area contributed by atoms with Gasteiger partial charge in [-0.1, -0.05) is 17.7 Å². The summed E-state index contributed by atoms with van der Waals surface area (Å²) in [5, 5.41) is 2.55. The molecule has 0 aliphatic heterocycles. The first-order chi connectivity index (χ1) is 8.16. The minimum Gasteiger partial charge on any atom is -0.396 e. The molecule has 3 nitrogen and oxygen atoms in total. The van der Waals surface area contributed by atoms with Crippen LogP contribution in [0.4, 0.5) is 11.5 Å². The summed E-state index contributed by atoms with van der Waals surface area (Å²) in [5.41, 5.74) is 6.53. The number of nitrogen functional groups attached to an aromatic ring is 1. The first-order valence-corrected chi connectivity index (χ1v) is 6.58. The first kappa shape index (κ1) is 12.2. The fourth-order valence-corrected chi connectivity index (χ4v) is 2.42. The van der Waals surface area contributed by atoms with Crippen molar-refractivity contribution in [2.24, 2.45) is 0 Å².